The highest BCUT2D eigenvalue weighted by molar-refractivity contribution is 5.92. The van der Waals surface area contributed by atoms with Crippen LogP contribution in [-0.4, -0.2) is 16.1 Å². The van der Waals surface area contributed by atoms with Gasteiger partial charge in [0.2, 0.25) is 5.91 Å². The molecule has 0 bridgehead atoms. The Balaban J connectivity index is 3.13. The third kappa shape index (κ3) is 2.27. The summed E-state index contributed by atoms with van der Waals surface area (Å²) in [6.45, 7) is 1.22. The second-order valence-corrected chi connectivity index (χ2v) is 2.97. The predicted molar refractivity (Wildman–Crippen MR) is 46.7 cm³/mol. The normalized spacial score (nSPS) is 11.3. The average molecular weight is 181 g/mol. The maximum atomic E-state index is 10.7. The van der Waals surface area contributed by atoms with Crippen LogP contribution in [-0.2, 0) is 5.79 Å². The Bertz CT molecular complexity index is 328. The van der Waals surface area contributed by atoms with Gasteiger partial charge in [0.15, 0.2) is 5.79 Å². The summed E-state index contributed by atoms with van der Waals surface area (Å²) in [5.41, 5.74) is 5.52. The van der Waals surface area contributed by atoms with Crippen LogP contribution in [0.5, 0.6) is 0 Å². The molecule has 0 aliphatic rings. The minimum atomic E-state index is -1.94. The Labute approximate surface area is 75.6 Å². The fourth-order valence-corrected chi connectivity index (χ4v) is 0.967. The number of amides is 1. The summed E-state index contributed by atoms with van der Waals surface area (Å²) in [4.78, 5) is 10.7. The summed E-state index contributed by atoms with van der Waals surface area (Å²) in [5.74, 6) is -2.53. The minimum absolute atomic E-state index is 0.240. The molecule has 4 N–H and O–H groups in total. The molecule has 1 rings (SSSR count). The first kappa shape index (κ1) is 9.70. The van der Waals surface area contributed by atoms with E-state index in [9.17, 15) is 15.0 Å². The van der Waals surface area contributed by atoms with Crippen molar-refractivity contribution in [3.05, 3.63) is 35.4 Å². The molecule has 70 valence electrons. The molecular formula is C9H11NO3. The summed E-state index contributed by atoms with van der Waals surface area (Å²) < 4.78 is 0. The molecule has 1 aromatic carbocycles. The first-order valence-corrected chi connectivity index (χ1v) is 3.76. The summed E-state index contributed by atoms with van der Waals surface area (Å²) in [7, 11) is 0. The maximum absolute atomic E-state index is 10.7. The lowest BCUT2D eigenvalue weighted by atomic mass is 10.0. The van der Waals surface area contributed by atoms with Crippen LogP contribution in [0, 0.1) is 0 Å². The van der Waals surface area contributed by atoms with Gasteiger partial charge in [0, 0.05) is 11.1 Å². The van der Waals surface area contributed by atoms with E-state index in [0.29, 0.717) is 0 Å². The standard InChI is InChI=1S/C9H11NO3/c1-9(12,13)7-4-2-3-6(5-7)8(10)11/h2-5,12-13H,1H3,(H2,10,11). The molecular weight excluding hydrogens is 170 g/mol. The Kier molecular flexibility index (Phi) is 2.36. The molecule has 0 aliphatic heterocycles. The Morgan fingerprint density at radius 2 is 2.08 bits per heavy atom. The second kappa shape index (κ2) is 3.16. The molecule has 1 aromatic rings. The number of carbonyl (C=O) groups is 1. The third-order valence-electron chi connectivity index (χ3n) is 1.69. The lowest BCUT2D eigenvalue weighted by Gasteiger charge is -2.16. The van der Waals surface area contributed by atoms with Gasteiger partial charge in [-0.15, -0.1) is 0 Å². The first-order chi connectivity index (χ1) is 5.91. The van der Waals surface area contributed by atoms with Gasteiger partial charge in [0.25, 0.3) is 0 Å². The topological polar surface area (TPSA) is 83.6 Å². The molecule has 1 amide bonds. The van der Waals surface area contributed by atoms with Gasteiger partial charge in [0.05, 0.1) is 0 Å². The molecule has 0 spiro atoms. The molecule has 0 aromatic heterocycles. The number of hydrogen-bond donors (Lipinski definition) is 3. The van der Waals surface area contributed by atoms with Crippen LogP contribution in [0.2, 0.25) is 0 Å². The molecule has 0 atom stereocenters. The highest BCUT2D eigenvalue weighted by Gasteiger charge is 2.18. The van der Waals surface area contributed by atoms with Crippen molar-refractivity contribution in [1.82, 2.24) is 0 Å². The molecule has 4 nitrogen and oxygen atoms in total. The van der Waals surface area contributed by atoms with E-state index in [0.717, 1.165) is 0 Å². The van der Waals surface area contributed by atoms with Gasteiger partial charge in [-0.1, -0.05) is 12.1 Å². The summed E-state index contributed by atoms with van der Waals surface area (Å²) in [5, 5.41) is 18.4. The number of hydrogen-bond acceptors (Lipinski definition) is 3. The summed E-state index contributed by atoms with van der Waals surface area (Å²) in [6, 6.07) is 5.91. The van der Waals surface area contributed by atoms with E-state index in [2.05, 4.69) is 0 Å². The zero-order valence-electron chi connectivity index (χ0n) is 7.19. The zero-order chi connectivity index (χ0) is 10.1. The van der Waals surface area contributed by atoms with Gasteiger partial charge in [-0.2, -0.15) is 0 Å². The van der Waals surface area contributed by atoms with E-state index < -0.39 is 11.7 Å². The number of benzene rings is 1. The van der Waals surface area contributed by atoms with E-state index in [1.807, 2.05) is 0 Å². The van der Waals surface area contributed by atoms with Crippen molar-refractivity contribution in [2.75, 3.05) is 0 Å². The van der Waals surface area contributed by atoms with Gasteiger partial charge in [-0.25, -0.2) is 0 Å². The Morgan fingerprint density at radius 1 is 1.46 bits per heavy atom. The van der Waals surface area contributed by atoms with E-state index in [-0.39, 0.29) is 11.1 Å². The van der Waals surface area contributed by atoms with E-state index >= 15 is 0 Å². The van der Waals surface area contributed by atoms with Crippen LogP contribution in [0.1, 0.15) is 22.8 Å². The van der Waals surface area contributed by atoms with Gasteiger partial charge in [-0.3, -0.25) is 4.79 Å². The quantitative estimate of drug-likeness (QED) is 0.559. The highest BCUT2D eigenvalue weighted by Crippen LogP contribution is 2.17. The summed E-state index contributed by atoms with van der Waals surface area (Å²) in [6.07, 6.45) is 0. The van der Waals surface area contributed by atoms with Crippen LogP contribution in [0.3, 0.4) is 0 Å². The largest absolute Gasteiger partial charge is 0.366 e. The number of rotatable bonds is 2. The maximum Gasteiger partial charge on any atom is 0.248 e. The van der Waals surface area contributed by atoms with Crippen LogP contribution in [0.15, 0.2) is 24.3 Å². The molecule has 0 aliphatic carbocycles. The molecule has 13 heavy (non-hydrogen) atoms. The fourth-order valence-electron chi connectivity index (χ4n) is 0.967. The van der Waals surface area contributed by atoms with Crippen molar-refractivity contribution in [2.45, 2.75) is 12.7 Å². The van der Waals surface area contributed by atoms with Gasteiger partial charge in [0.1, 0.15) is 0 Å². The van der Waals surface area contributed by atoms with Crippen LogP contribution in [0.25, 0.3) is 0 Å². The Morgan fingerprint density at radius 3 is 2.54 bits per heavy atom. The lowest BCUT2D eigenvalue weighted by molar-refractivity contribution is -0.152. The van der Waals surface area contributed by atoms with Crippen molar-refractivity contribution in [2.24, 2.45) is 5.73 Å². The Hall–Kier alpha value is -1.39. The van der Waals surface area contributed by atoms with Crippen LogP contribution >= 0.6 is 0 Å². The third-order valence-corrected chi connectivity index (χ3v) is 1.69. The second-order valence-electron chi connectivity index (χ2n) is 2.97. The SMILES string of the molecule is CC(O)(O)c1cccc(C(N)=O)c1. The van der Waals surface area contributed by atoms with Crippen molar-refractivity contribution in [3.63, 3.8) is 0 Å². The minimum Gasteiger partial charge on any atom is -0.366 e. The average Bonchev–Trinajstić information content (AvgIpc) is 2.03. The molecule has 0 saturated carbocycles. The van der Waals surface area contributed by atoms with Gasteiger partial charge in [-0.05, 0) is 19.1 Å². The van der Waals surface area contributed by atoms with Crippen molar-refractivity contribution < 1.29 is 15.0 Å². The molecule has 0 fully saturated rings. The van der Waals surface area contributed by atoms with E-state index in [1.165, 1.54) is 25.1 Å². The molecule has 0 radical (unpaired) electrons. The number of primary amides is 1. The van der Waals surface area contributed by atoms with Gasteiger partial charge < -0.3 is 15.9 Å². The monoisotopic (exact) mass is 181 g/mol. The number of nitrogens with two attached hydrogens (primary N) is 1. The smallest absolute Gasteiger partial charge is 0.248 e. The zero-order valence-corrected chi connectivity index (χ0v) is 7.19. The summed E-state index contributed by atoms with van der Waals surface area (Å²) >= 11 is 0. The lowest BCUT2D eigenvalue weighted by Crippen LogP contribution is -2.21. The van der Waals surface area contributed by atoms with Gasteiger partial charge >= 0.3 is 0 Å². The predicted octanol–water partition coefficient (Wildman–Crippen LogP) is -0.0572. The van der Waals surface area contributed by atoms with Crippen molar-refractivity contribution in [3.8, 4) is 0 Å². The molecule has 0 unspecified atom stereocenters. The van der Waals surface area contributed by atoms with Crippen LogP contribution in [0.4, 0.5) is 0 Å². The van der Waals surface area contributed by atoms with Crippen molar-refractivity contribution >= 4 is 5.91 Å². The fraction of sp³-hybridized carbons (Fsp3) is 0.222. The highest BCUT2D eigenvalue weighted by atomic mass is 16.5. The van der Waals surface area contributed by atoms with Crippen LogP contribution < -0.4 is 5.73 Å². The van der Waals surface area contributed by atoms with E-state index in [4.69, 9.17) is 5.73 Å². The first-order valence-electron chi connectivity index (χ1n) is 3.76. The number of carbonyl (C=O) groups excluding carboxylic acids is 1. The van der Waals surface area contributed by atoms with Crippen molar-refractivity contribution in [1.29, 1.82) is 0 Å². The molecule has 0 saturated heterocycles. The molecule has 4 heteroatoms. The molecule has 0 heterocycles. The number of aliphatic hydroxyl groups is 2. The van der Waals surface area contributed by atoms with E-state index in [1.54, 1.807) is 6.07 Å².